The number of alkyl halides is 2. The Hall–Kier alpha value is -1.50. The number of halogens is 2. The molecule has 98 valence electrons. The second-order valence-corrected chi connectivity index (χ2v) is 4.67. The Kier molecular flexibility index (Phi) is 4.24. The van der Waals surface area contributed by atoms with Crippen LogP contribution < -0.4 is 5.32 Å². The van der Waals surface area contributed by atoms with Crippen molar-refractivity contribution in [3.8, 4) is 0 Å². The molecule has 0 amide bonds. The number of thioether (sulfide) groups is 1. The highest BCUT2D eigenvalue weighted by Gasteiger charge is 2.07. The van der Waals surface area contributed by atoms with E-state index in [0.29, 0.717) is 29.8 Å². The summed E-state index contributed by atoms with van der Waals surface area (Å²) in [7, 11) is 1.83. The number of anilines is 1. The Labute approximate surface area is 107 Å². The van der Waals surface area contributed by atoms with Gasteiger partial charge in [-0.15, -0.1) is 0 Å². The zero-order chi connectivity index (χ0) is 13.0. The number of aromatic nitrogens is 2. The number of hydrogen-bond donors (Lipinski definition) is 1. The quantitative estimate of drug-likeness (QED) is 0.878. The molecule has 0 atom stereocenters. The minimum absolute atomic E-state index is 0.185. The van der Waals surface area contributed by atoms with Crippen LogP contribution in [0.25, 0.3) is 0 Å². The van der Waals surface area contributed by atoms with E-state index in [2.05, 4.69) is 10.4 Å². The lowest BCUT2D eigenvalue weighted by molar-refractivity contribution is 0.251. The summed E-state index contributed by atoms with van der Waals surface area (Å²) < 4.78 is 31.1. The zero-order valence-electron chi connectivity index (χ0n) is 9.77. The summed E-state index contributed by atoms with van der Waals surface area (Å²) in [5, 5.41) is 7.15. The van der Waals surface area contributed by atoms with E-state index in [1.165, 1.54) is 0 Å². The maximum absolute atomic E-state index is 12.0. The fourth-order valence-electron chi connectivity index (χ4n) is 1.44. The summed E-state index contributed by atoms with van der Waals surface area (Å²) in [6.45, 7) is 0.505. The van der Waals surface area contributed by atoms with Crippen LogP contribution in [-0.4, -0.2) is 15.5 Å². The van der Waals surface area contributed by atoms with Gasteiger partial charge in [0.25, 0.3) is 5.76 Å². The van der Waals surface area contributed by atoms with Gasteiger partial charge in [0.1, 0.15) is 11.5 Å². The van der Waals surface area contributed by atoms with Gasteiger partial charge in [-0.25, -0.2) is 0 Å². The Morgan fingerprint density at radius 3 is 2.89 bits per heavy atom. The summed E-state index contributed by atoms with van der Waals surface area (Å²) in [6, 6.07) is 3.50. The highest BCUT2D eigenvalue weighted by molar-refractivity contribution is 7.98. The number of aryl methyl sites for hydroxylation is 1. The van der Waals surface area contributed by atoms with Gasteiger partial charge in [-0.3, -0.25) is 4.68 Å². The topological polar surface area (TPSA) is 43.0 Å². The van der Waals surface area contributed by atoms with Gasteiger partial charge in [0, 0.05) is 13.2 Å². The molecule has 2 rings (SSSR count). The van der Waals surface area contributed by atoms with Crippen LogP contribution in [0.1, 0.15) is 11.5 Å². The molecule has 1 N–H and O–H groups in total. The second-order valence-electron chi connectivity index (χ2n) is 3.70. The normalized spacial score (nSPS) is 11.1. The maximum Gasteiger partial charge on any atom is 0.284 e. The predicted octanol–water partition coefficient (Wildman–Crippen LogP) is 3.08. The van der Waals surface area contributed by atoms with Crippen molar-refractivity contribution >= 4 is 17.4 Å². The van der Waals surface area contributed by atoms with E-state index in [0.717, 1.165) is 5.69 Å². The Balaban J connectivity index is 1.83. The first kappa shape index (κ1) is 12.9. The molecule has 0 bridgehead atoms. The molecule has 2 heterocycles. The van der Waals surface area contributed by atoms with E-state index in [9.17, 15) is 8.78 Å². The highest BCUT2D eigenvalue weighted by atomic mass is 32.2. The van der Waals surface area contributed by atoms with Crippen molar-refractivity contribution in [2.45, 2.75) is 18.1 Å². The van der Waals surface area contributed by atoms with Crippen LogP contribution in [0.2, 0.25) is 0 Å². The largest absolute Gasteiger partial charge is 0.463 e. The van der Waals surface area contributed by atoms with Crippen LogP contribution >= 0.6 is 11.8 Å². The molecule has 0 aliphatic carbocycles. The third-order valence-electron chi connectivity index (χ3n) is 2.24. The SMILES string of the molecule is Cn1cc(NCc2ccc(CSC(F)F)o2)cn1. The lowest BCUT2D eigenvalue weighted by Gasteiger charge is -2.00. The Bertz CT molecular complexity index is 498. The summed E-state index contributed by atoms with van der Waals surface area (Å²) in [5.74, 6) is -0.913. The average molecular weight is 273 g/mol. The fraction of sp³-hybridized carbons (Fsp3) is 0.364. The molecule has 0 fully saturated rings. The van der Waals surface area contributed by atoms with E-state index in [-0.39, 0.29) is 5.75 Å². The molecule has 0 aromatic carbocycles. The fourth-order valence-corrected chi connectivity index (χ4v) is 1.89. The predicted molar refractivity (Wildman–Crippen MR) is 66.5 cm³/mol. The number of nitrogens with zero attached hydrogens (tertiary/aromatic N) is 2. The highest BCUT2D eigenvalue weighted by Crippen LogP contribution is 2.21. The molecule has 0 saturated carbocycles. The van der Waals surface area contributed by atoms with Crippen LogP contribution in [0.3, 0.4) is 0 Å². The third kappa shape index (κ3) is 3.76. The second kappa shape index (κ2) is 5.90. The van der Waals surface area contributed by atoms with Crippen LogP contribution in [0.4, 0.5) is 14.5 Å². The molecular formula is C11H13F2N3OS. The molecule has 2 aromatic heterocycles. The van der Waals surface area contributed by atoms with Crippen molar-refractivity contribution in [1.82, 2.24) is 9.78 Å². The maximum atomic E-state index is 12.0. The molecule has 4 nitrogen and oxygen atoms in total. The lowest BCUT2D eigenvalue weighted by atomic mass is 10.4. The van der Waals surface area contributed by atoms with Crippen LogP contribution in [0, 0.1) is 0 Å². The summed E-state index contributed by atoms with van der Waals surface area (Å²) in [4.78, 5) is 0. The Morgan fingerprint density at radius 2 is 2.22 bits per heavy atom. The number of furan rings is 1. The standard InChI is InChI=1S/C11H13F2N3OS/c1-16-6-8(4-15-16)14-5-9-2-3-10(17-9)7-18-11(12)13/h2-4,6,11,14H,5,7H2,1H3. The van der Waals surface area contributed by atoms with Crippen LogP contribution in [0.5, 0.6) is 0 Å². The molecule has 0 spiro atoms. The first-order valence-electron chi connectivity index (χ1n) is 5.33. The van der Waals surface area contributed by atoms with E-state index < -0.39 is 5.76 Å². The van der Waals surface area contributed by atoms with Gasteiger partial charge in [0.15, 0.2) is 0 Å². The number of hydrogen-bond acceptors (Lipinski definition) is 4. The zero-order valence-corrected chi connectivity index (χ0v) is 10.6. The van der Waals surface area contributed by atoms with Gasteiger partial charge in [-0.1, -0.05) is 11.8 Å². The smallest absolute Gasteiger partial charge is 0.284 e. The third-order valence-corrected chi connectivity index (χ3v) is 2.94. The first-order valence-corrected chi connectivity index (χ1v) is 6.38. The summed E-state index contributed by atoms with van der Waals surface area (Å²) in [6.07, 6.45) is 3.55. The van der Waals surface area contributed by atoms with Gasteiger partial charge in [-0.05, 0) is 12.1 Å². The summed E-state index contributed by atoms with van der Waals surface area (Å²) in [5.41, 5.74) is 0.886. The monoisotopic (exact) mass is 273 g/mol. The average Bonchev–Trinajstić information content (AvgIpc) is 2.93. The molecule has 0 saturated heterocycles. The van der Waals surface area contributed by atoms with E-state index in [1.807, 2.05) is 13.2 Å². The van der Waals surface area contributed by atoms with Gasteiger partial charge >= 0.3 is 0 Å². The Morgan fingerprint density at radius 1 is 1.44 bits per heavy atom. The molecule has 18 heavy (non-hydrogen) atoms. The van der Waals surface area contributed by atoms with Gasteiger partial charge < -0.3 is 9.73 Å². The van der Waals surface area contributed by atoms with E-state index in [4.69, 9.17) is 4.42 Å². The first-order chi connectivity index (χ1) is 8.63. The molecule has 7 heteroatoms. The molecule has 2 aromatic rings. The van der Waals surface area contributed by atoms with Crippen molar-refractivity contribution in [2.75, 3.05) is 5.32 Å². The molecule has 0 aliphatic heterocycles. The van der Waals surface area contributed by atoms with Crippen molar-refractivity contribution in [1.29, 1.82) is 0 Å². The van der Waals surface area contributed by atoms with Crippen molar-refractivity contribution in [3.05, 3.63) is 36.0 Å². The molecular weight excluding hydrogens is 260 g/mol. The number of nitrogens with one attached hydrogen (secondary N) is 1. The molecule has 0 aliphatic rings. The molecule has 0 radical (unpaired) electrons. The van der Waals surface area contributed by atoms with Gasteiger partial charge in [-0.2, -0.15) is 13.9 Å². The summed E-state index contributed by atoms with van der Waals surface area (Å²) >= 11 is 0.555. The van der Waals surface area contributed by atoms with Crippen molar-refractivity contribution in [2.24, 2.45) is 7.05 Å². The van der Waals surface area contributed by atoms with Crippen LogP contribution in [-0.2, 0) is 19.3 Å². The van der Waals surface area contributed by atoms with Crippen LogP contribution in [0.15, 0.2) is 28.9 Å². The minimum atomic E-state index is -2.37. The van der Waals surface area contributed by atoms with E-state index in [1.54, 1.807) is 23.0 Å². The van der Waals surface area contributed by atoms with E-state index >= 15 is 0 Å². The van der Waals surface area contributed by atoms with Gasteiger partial charge in [0.2, 0.25) is 0 Å². The van der Waals surface area contributed by atoms with Crippen molar-refractivity contribution in [3.63, 3.8) is 0 Å². The number of rotatable bonds is 6. The minimum Gasteiger partial charge on any atom is -0.463 e. The van der Waals surface area contributed by atoms with Crippen molar-refractivity contribution < 1.29 is 13.2 Å². The van der Waals surface area contributed by atoms with Gasteiger partial charge in [0.05, 0.1) is 24.2 Å². The molecule has 0 unspecified atom stereocenters. The lowest BCUT2D eigenvalue weighted by Crippen LogP contribution is -1.96.